The molecular formula is C24H38N2O3. The van der Waals surface area contributed by atoms with Crippen molar-refractivity contribution in [1.82, 2.24) is 4.90 Å². The summed E-state index contributed by atoms with van der Waals surface area (Å²) in [5.41, 5.74) is 3.81. The smallest absolute Gasteiger partial charge is 0.308 e. The molecule has 5 nitrogen and oxygen atoms in total. The van der Waals surface area contributed by atoms with Gasteiger partial charge in [0.05, 0.1) is 5.92 Å². The van der Waals surface area contributed by atoms with Crippen LogP contribution < -0.4 is 5.32 Å². The number of carboxylic acid groups (broad SMARTS) is 1. The van der Waals surface area contributed by atoms with Gasteiger partial charge in [-0.2, -0.15) is 0 Å². The summed E-state index contributed by atoms with van der Waals surface area (Å²) in [6, 6.07) is 6.74. The van der Waals surface area contributed by atoms with Crippen molar-refractivity contribution in [1.29, 1.82) is 0 Å². The second kappa shape index (κ2) is 11.2. The molecule has 1 heterocycles. The molecule has 1 aromatic carbocycles. The van der Waals surface area contributed by atoms with E-state index < -0.39 is 11.9 Å². The lowest BCUT2D eigenvalue weighted by Crippen LogP contribution is -2.40. The molecule has 0 bridgehead atoms. The molecule has 3 atom stereocenters. The molecule has 0 spiro atoms. The first-order valence-corrected chi connectivity index (χ1v) is 11.2. The molecule has 0 saturated carbocycles. The molecule has 1 fully saturated rings. The van der Waals surface area contributed by atoms with Gasteiger partial charge in [-0.1, -0.05) is 51.7 Å². The molecule has 2 N–H and O–H groups in total. The first-order chi connectivity index (χ1) is 13.9. The molecule has 1 aliphatic rings. The van der Waals surface area contributed by atoms with Gasteiger partial charge in [-0.3, -0.25) is 9.59 Å². The van der Waals surface area contributed by atoms with Gasteiger partial charge in [0.2, 0.25) is 5.91 Å². The van der Waals surface area contributed by atoms with Gasteiger partial charge < -0.3 is 15.3 Å². The van der Waals surface area contributed by atoms with Crippen LogP contribution in [0.15, 0.2) is 18.2 Å². The molecule has 2 unspecified atom stereocenters. The van der Waals surface area contributed by atoms with Crippen LogP contribution in [0.1, 0.15) is 70.4 Å². The molecular weight excluding hydrogens is 364 g/mol. The summed E-state index contributed by atoms with van der Waals surface area (Å²) >= 11 is 0. The number of carboxylic acids is 1. The summed E-state index contributed by atoms with van der Waals surface area (Å²) in [7, 11) is 1.95. The minimum atomic E-state index is -0.866. The quantitative estimate of drug-likeness (QED) is 0.495. The standard InChI is InChI=1S/C24H38N2O3/c1-5-7-8-9-10-18-11-12-22(25-4)20(13-18)14-19(6-2)17(3)26-16-21(24(28)29)15-23(26)27/h11-13,17,19,21,25H,5-10,14-16H2,1-4H3,(H,28,29)/t17-,19?,21?/m0/s1. The van der Waals surface area contributed by atoms with E-state index in [1.54, 1.807) is 4.90 Å². The van der Waals surface area contributed by atoms with Gasteiger partial charge in [0.1, 0.15) is 0 Å². The number of hydrogen-bond acceptors (Lipinski definition) is 3. The highest BCUT2D eigenvalue weighted by Gasteiger charge is 2.38. The van der Waals surface area contributed by atoms with Crippen LogP contribution in [0.2, 0.25) is 0 Å². The van der Waals surface area contributed by atoms with Gasteiger partial charge in [-0.25, -0.2) is 0 Å². The van der Waals surface area contributed by atoms with Gasteiger partial charge in [0.15, 0.2) is 0 Å². The molecule has 2 rings (SSSR count). The monoisotopic (exact) mass is 402 g/mol. The minimum absolute atomic E-state index is 0.0261. The number of nitrogens with one attached hydrogen (secondary N) is 1. The van der Waals surface area contributed by atoms with Crippen molar-refractivity contribution in [3.8, 4) is 0 Å². The van der Waals surface area contributed by atoms with E-state index in [2.05, 4.69) is 44.3 Å². The van der Waals surface area contributed by atoms with Crippen LogP contribution in [0.3, 0.4) is 0 Å². The zero-order chi connectivity index (χ0) is 21.4. The highest BCUT2D eigenvalue weighted by molar-refractivity contribution is 5.86. The largest absolute Gasteiger partial charge is 0.481 e. The molecule has 1 saturated heterocycles. The van der Waals surface area contributed by atoms with Gasteiger partial charge in [-0.05, 0) is 49.3 Å². The first kappa shape index (κ1) is 23.2. The van der Waals surface area contributed by atoms with Gasteiger partial charge in [-0.15, -0.1) is 0 Å². The molecule has 1 aromatic rings. The van der Waals surface area contributed by atoms with Crippen molar-refractivity contribution in [2.45, 2.75) is 78.2 Å². The second-order valence-electron chi connectivity index (χ2n) is 8.45. The average molecular weight is 403 g/mol. The fraction of sp³-hybridized carbons (Fsp3) is 0.667. The van der Waals surface area contributed by atoms with Crippen molar-refractivity contribution in [3.05, 3.63) is 29.3 Å². The number of amides is 1. The Kier molecular flexibility index (Phi) is 8.99. The van der Waals surface area contributed by atoms with E-state index in [1.165, 1.54) is 36.8 Å². The minimum Gasteiger partial charge on any atom is -0.481 e. The summed E-state index contributed by atoms with van der Waals surface area (Å²) in [4.78, 5) is 25.5. The van der Waals surface area contributed by atoms with Crippen LogP contribution in [0.25, 0.3) is 0 Å². The fourth-order valence-corrected chi connectivity index (χ4v) is 4.45. The lowest BCUT2D eigenvalue weighted by molar-refractivity contribution is -0.141. The molecule has 1 amide bonds. The molecule has 0 aliphatic carbocycles. The Balaban J connectivity index is 2.10. The van der Waals surface area contributed by atoms with Gasteiger partial charge in [0.25, 0.3) is 0 Å². The van der Waals surface area contributed by atoms with Crippen LogP contribution in [0, 0.1) is 11.8 Å². The zero-order valence-corrected chi connectivity index (χ0v) is 18.5. The first-order valence-electron chi connectivity index (χ1n) is 11.2. The van der Waals surface area contributed by atoms with Gasteiger partial charge in [0, 0.05) is 31.7 Å². The molecule has 1 aliphatic heterocycles. The normalized spacial score (nSPS) is 18.7. The zero-order valence-electron chi connectivity index (χ0n) is 18.5. The predicted octanol–water partition coefficient (Wildman–Crippen LogP) is 4.74. The molecule has 0 aromatic heterocycles. The van der Waals surface area contributed by atoms with Crippen molar-refractivity contribution in [3.63, 3.8) is 0 Å². The lowest BCUT2D eigenvalue weighted by Gasteiger charge is -2.32. The number of unbranched alkanes of at least 4 members (excludes halogenated alkanes) is 3. The number of benzene rings is 1. The van der Waals surface area contributed by atoms with E-state index in [1.807, 2.05) is 7.05 Å². The van der Waals surface area contributed by atoms with Crippen LogP contribution in [0.5, 0.6) is 0 Å². The number of rotatable bonds is 12. The Hall–Kier alpha value is -2.04. The number of carbonyl (C=O) groups is 2. The van der Waals surface area contributed by atoms with Crippen molar-refractivity contribution >= 4 is 17.6 Å². The lowest BCUT2D eigenvalue weighted by atomic mass is 9.88. The molecule has 0 radical (unpaired) electrons. The number of hydrogen-bond donors (Lipinski definition) is 2. The number of nitrogens with zero attached hydrogens (tertiary/aromatic N) is 1. The van der Waals surface area contributed by atoms with Crippen LogP contribution >= 0.6 is 0 Å². The topological polar surface area (TPSA) is 69.6 Å². The van der Waals surface area contributed by atoms with Crippen molar-refractivity contribution in [2.24, 2.45) is 11.8 Å². The summed E-state index contributed by atoms with van der Waals surface area (Å²) < 4.78 is 0. The Bertz CT molecular complexity index is 689. The molecule has 29 heavy (non-hydrogen) atoms. The third-order valence-corrected chi connectivity index (χ3v) is 6.45. The Morgan fingerprint density at radius 3 is 2.62 bits per heavy atom. The van der Waals surface area contributed by atoms with Crippen LogP contribution in [-0.2, 0) is 22.4 Å². The van der Waals surface area contributed by atoms with Crippen molar-refractivity contribution in [2.75, 3.05) is 18.9 Å². The van der Waals surface area contributed by atoms with E-state index in [-0.39, 0.29) is 18.4 Å². The second-order valence-corrected chi connectivity index (χ2v) is 8.45. The highest BCUT2D eigenvalue weighted by atomic mass is 16.4. The van der Waals surface area contributed by atoms with Crippen molar-refractivity contribution < 1.29 is 14.7 Å². The summed E-state index contributed by atoms with van der Waals surface area (Å²) in [5, 5.41) is 12.6. The summed E-state index contributed by atoms with van der Waals surface area (Å²) in [5.74, 6) is -1.16. The Morgan fingerprint density at radius 2 is 2.03 bits per heavy atom. The third kappa shape index (κ3) is 6.22. The maximum atomic E-state index is 12.4. The summed E-state index contributed by atoms with van der Waals surface area (Å²) in [6.07, 6.45) is 8.11. The van der Waals surface area contributed by atoms with Crippen LogP contribution in [-0.4, -0.2) is 41.5 Å². The van der Waals surface area contributed by atoms with Gasteiger partial charge >= 0.3 is 5.97 Å². The molecule has 162 valence electrons. The SMILES string of the molecule is CCCCCCc1ccc(NC)c(CC(CC)[C@H](C)N2CC(C(=O)O)CC2=O)c1. The Labute approximate surface area is 175 Å². The number of aryl methyl sites for hydroxylation is 1. The molecule has 5 heteroatoms. The van der Waals surface area contributed by atoms with E-state index in [4.69, 9.17) is 0 Å². The third-order valence-electron chi connectivity index (χ3n) is 6.45. The maximum Gasteiger partial charge on any atom is 0.308 e. The fourth-order valence-electron chi connectivity index (χ4n) is 4.45. The number of aliphatic carboxylic acids is 1. The predicted molar refractivity (Wildman–Crippen MR) is 118 cm³/mol. The van der Waals surface area contributed by atoms with E-state index in [0.29, 0.717) is 12.5 Å². The van der Waals surface area contributed by atoms with E-state index >= 15 is 0 Å². The number of carbonyl (C=O) groups excluding carboxylic acids is 1. The number of anilines is 1. The average Bonchev–Trinajstić information content (AvgIpc) is 3.11. The summed E-state index contributed by atoms with van der Waals surface area (Å²) in [6.45, 7) is 6.80. The van der Waals surface area contributed by atoms with E-state index in [0.717, 1.165) is 24.9 Å². The maximum absolute atomic E-state index is 12.4. The highest BCUT2D eigenvalue weighted by Crippen LogP contribution is 2.29. The number of likely N-dealkylation sites (tertiary alicyclic amines) is 1. The van der Waals surface area contributed by atoms with Crippen LogP contribution in [0.4, 0.5) is 5.69 Å². The Morgan fingerprint density at radius 1 is 1.28 bits per heavy atom. The van der Waals surface area contributed by atoms with E-state index in [9.17, 15) is 14.7 Å².